The van der Waals surface area contributed by atoms with Crippen molar-refractivity contribution < 1.29 is 18.8 Å². The molecule has 1 saturated heterocycles. The largest absolute Gasteiger partial charge is 0.325 e. The van der Waals surface area contributed by atoms with Gasteiger partial charge in [0.2, 0.25) is 5.91 Å². The van der Waals surface area contributed by atoms with Crippen LogP contribution in [-0.4, -0.2) is 29.3 Å². The molecule has 2 aromatic rings. The van der Waals surface area contributed by atoms with Crippen LogP contribution in [0.5, 0.6) is 0 Å². The number of carbonyl (C=O) groups excluding carboxylic acids is 3. The van der Waals surface area contributed by atoms with E-state index in [4.69, 9.17) is 0 Å². The maximum absolute atomic E-state index is 13.2. The van der Waals surface area contributed by atoms with Crippen LogP contribution in [0.3, 0.4) is 0 Å². The average molecular weight is 369 g/mol. The first-order valence-electron chi connectivity index (χ1n) is 8.63. The molecule has 0 aliphatic carbocycles. The van der Waals surface area contributed by atoms with E-state index >= 15 is 0 Å². The SMILES string of the molecule is CC[C@]1(c2ccc(F)cc2)NC(=O)N(CC(=O)Nc2ccccc2C)C1=O. The van der Waals surface area contributed by atoms with Crippen molar-refractivity contribution >= 4 is 23.5 Å². The number of urea groups is 1. The summed E-state index contributed by atoms with van der Waals surface area (Å²) in [6, 6.07) is 12.0. The molecule has 1 heterocycles. The fourth-order valence-corrected chi connectivity index (χ4v) is 3.19. The molecule has 0 saturated carbocycles. The van der Waals surface area contributed by atoms with Crippen molar-refractivity contribution in [3.05, 3.63) is 65.5 Å². The molecule has 140 valence electrons. The summed E-state index contributed by atoms with van der Waals surface area (Å²) in [4.78, 5) is 38.6. The molecule has 3 rings (SSSR count). The molecule has 2 N–H and O–H groups in total. The van der Waals surface area contributed by atoms with E-state index in [0.717, 1.165) is 10.5 Å². The smallest absolute Gasteiger partial charge is 0.324 e. The zero-order valence-corrected chi connectivity index (χ0v) is 15.1. The van der Waals surface area contributed by atoms with Gasteiger partial charge in [-0.05, 0) is 42.7 Å². The molecule has 1 fully saturated rings. The van der Waals surface area contributed by atoms with Crippen LogP contribution in [0.2, 0.25) is 0 Å². The fraction of sp³-hybridized carbons (Fsp3) is 0.250. The highest BCUT2D eigenvalue weighted by Crippen LogP contribution is 2.32. The molecule has 0 radical (unpaired) electrons. The Morgan fingerprint density at radius 1 is 1.15 bits per heavy atom. The van der Waals surface area contributed by atoms with Crippen LogP contribution in [0.25, 0.3) is 0 Å². The molecule has 2 aromatic carbocycles. The maximum atomic E-state index is 13.2. The summed E-state index contributed by atoms with van der Waals surface area (Å²) < 4.78 is 13.2. The number of rotatable bonds is 5. The van der Waals surface area contributed by atoms with Crippen molar-refractivity contribution in [2.45, 2.75) is 25.8 Å². The lowest BCUT2D eigenvalue weighted by Gasteiger charge is -2.25. The standard InChI is InChI=1S/C20H20FN3O3/c1-3-20(14-8-10-15(21)11-9-14)18(26)24(19(27)23-20)12-17(25)22-16-7-5-4-6-13(16)2/h4-11H,3,12H2,1-2H3,(H,22,25)(H,23,27)/t20-/m1/s1. The zero-order valence-electron chi connectivity index (χ0n) is 15.1. The van der Waals surface area contributed by atoms with Crippen molar-refractivity contribution in [2.75, 3.05) is 11.9 Å². The van der Waals surface area contributed by atoms with E-state index in [9.17, 15) is 18.8 Å². The third-order valence-corrected chi connectivity index (χ3v) is 4.76. The Bertz CT molecular complexity index is 898. The van der Waals surface area contributed by atoms with E-state index in [2.05, 4.69) is 10.6 Å². The van der Waals surface area contributed by atoms with Crippen molar-refractivity contribution in [3.63, 3.8) is 0 Å². The van der Waals surface area contributed by atoms with E-state index in [1.165, 1.54) is 24.3 Å². The van der Waals surface area contributed by atoms with Gasteiger partial charge in [0, 0.05) is 5.69 Å². The van der Waals surface area contributed by atoms with E-state index in [1.807, 2.05) is 19.1 Å². The van der Waals surface area contributed by atoms with Crippen molar-refractivity contribution in [2.24, 2.45) is 0 Å². The highest BCUT2D eigenvalue weighted by Gasteiger charge is 2.51. The lowest BCUT2D eigenvalue weighted by atomic mass is 9.87. The Labute approximate surface area is 156 Å². The Morgan fingerprint density at radius 3 is 2.44 bits per heavy atom. The van der Waals surface area contributed by atoms with Gasteiger partial charge in [-0.15, -0.1) is 0 Å². The first kappa shape index (κ1) is 18.6. The number of carbonyl (C=O) groups is 3. The van der Waals surface area contributed by atoms with Crippen LogP contribution in [-0.2, 0) is 15.1 Å². The van der Waals surface area contributed by atoms with E-state index < -0.39 is 35.7 Å². The van der Waals surface area contributed by atoms with Crippen LogP contribution < -0.4 is 10.6 Å². The van der Waals surface area contributed by atoms with Gasteiger partial charge >= 0.3 is 6.03 Å². The quantitative estimate of drug-likeness (QED) is 0.796. The number of imide groups is 1. The summed E-state index contributed by atoms with van der Waals surface area (Å²) in [6.07, 6.45) is 0.277. The van der Waals surface area contributed by atoms with Gasteiger partial charge in [0.05, 0.1) is 0 Å². The van der Waals surface area contributed by atoms with Crippen molar-refractivity contribution in [1.82, 2.24) is 10.2 Å². The predicted octanol–water partition coefficient (Wildman–Crippen LogP) is 2.93. The minimum absolute atomic E-state index is 0.277. The second kappa shape index (κ2) is 7.19. The lowest BCUT2D eigenvalue weighted by molar-refractivity contribution is -0.134. The van der Waals surface area contributed by atoms with Crippen LogP contribution in [0.1, 0.15) is 24.5 Å². The monoisotopic (exact) mass is 369 g/mol. The molecule has 0 unspecified atom stereocenters. The molecule has 0 aromatic heterocycles. The molecular weight excluding hydrogens is 349 g/mol. The van der Waals surface area contributed by atoms with Crippen molar-refractivity contribution in [1.29, 1.82) is 0 Å². The number of hydrogen-bond acceptors (Lipinski definition) is 3. The normalized spacial score (nSPS) is 19.1. The third-order valence-electron chi connectivity index (χ3n) is 4.76. The van der Waals surface area contributed by atoms with Crippen LogP contribution in [0.4, 0.5) is 14.9 Å². The van der Waals surface area contributed by atoms with Gasteiger partial charge in [-0.3, -0.25) is 14.5 Å². The Hall–Kier alpha value is -3.22. The minimum Gasteiger partial charge on any atom is -0.324 e. The number of aryl methyl sites for hydroxylation is 1. The summed E-state index contributed by atoms with van der Waals surface area (Å²) in [5, 5.41) is 5.38. The summed E-state index contributed by atoms with van der Waals surface area (Å²) >= 11 is 0. The van der Waals surface area contributed by atoms with E-state index in [1.54, 1.807) is 19.1 Å². The molecule has 1 aliphatic rings. The second-order valence-electron chi connectivity index (χ2n) is 6.45. The molecule has 27 heavy (non-hydrogen) atoms. The van der Waals surface area contributed by atoms with E-state index in [-0.39, 0.29) is 6.42 Å². The number of para-hydroxylation sites is 1. The van der Waals surface area contributed by atoms with Gasteiger partial charge in [0.15, 0.2) is 0 Å². The summed E-state index contributed by atoms with van der Waals surface area (Å²) in [5.74, 6) is -1.43. The zero-order chi connectivity index (χ0) is 19.6. The molecule has 6 nitrogen and oxygen atoms in total. The molecule has 7 heteroatoms. The molecule has 0 spiro atoms. The number of nitrogens with zero attached hydrogens (tertiary/aromatic N) is 1. The average Bonchev–Trinajstić information content (AvgIpc) is 2.89. The van der Waals surface area contributed by atoms with Crippen LogP contribution >= 0.6 is 0 Å². The first-order chi connectivity index (χ1) is 12.9. The third kappa shape index (κ3) is 3.40. The summed E-state index contributed by atoms with van der Waals surface area (Å²) in [5.41, 5.74) is 0.673. The predicted molar refractivity (Wildman–Crippen MR) is 98.4 cm³/mol. The van der Waals surface area contributed by atoms with Gasteiger partial charge in [-0.25, -0.2) is 9.18 Å². The summed E-state index contributed by atoms with van der Waals surface area (Å²) in [7, 11) is 0. The number of hydrogen-bond donors (Lipinski definition) is 2. The molecule has 4 amide bonds. The molecule has 0 bridgehead atoms. The number of anilines is 1. The van der Waals surface area contributed by atoms with Crippen LogP contribution in [0.15, 0.2) is 48.5 Å². The topological polar surface area (TPSA) is 78.5 Å². The van der Waals surface area contributed by atoms with E-state index in [0.29, 0.717) is 11.3 Å². The number of amides is 4. The Kier molecular flexibility index (Phi) is 4.94. The minimum atomic E-state index is -1.30. The Morgan fingerprint density at radius 2 is 1.81 bits per heavy atom. The number of benzene rings is 2. The number of halogens is 1. The molecule has 1 aliphatic heterocycles. The second-order valence-corrected chi connectivity index (χ2v) is 6.45. The first-order valence-corrected chi connectivity index (χ1v) is 8.63. The highest BCUT2D eigenvalue weighted by atomic mass is 19.1. The van der Waals surface area contributed by atoms with Gasteiger partial charge in [0.1, 0.15) is 17.9 Å². The summed E-state index contributed by atoms with van der Waals surface area (Å²) in [6.45, 7) is 3.19. The lowest BCUT2D eigenvalue weighted by Crippen LogP contribution is -2.44. The van der Waals surface area contributed by atoms with Gasteiger partial charge < -0.3 is 10.6 Å². The molecule has 1 atom stereocenters. The number of nitrogens with one attached hydrogen (secondary N) is 2. The fourth-order valence-electron chi connectivity index (χ4n) is 3.19. The maximum Gasteiger partial charge on any atom is 0.325 e. The Balaban J connectivity index is 1.80. The van der Waals surface area contributed by atoms with Gasteiger partial charge in [-0.2, -0.15) is 0 Å². The van der Waals surface area contributed by atoms with Crippen LogP contribution in [0, 0.1) is 12.7 Å². The molecular formula is C20H20FN3O3. The van der Waals surface area contributed by atoms with Gasteiger partial charge in [0.25, 0.3) is 5.91 Å². The highest BCUT2D eigenvalue weighted by molar-refractivity contribution is 6.10. The van der Waals surface area contributed by atoms with Crippen molar-refractivity contribution in [3.8, 4) is 0 Å². The van der Waals surface area contributed by atoms with Gasteiger partial charge in [-0.1, -0.05) is 37.3 Å².